The van der Waals surface area contributed by atoms with Gasteiger partial charge >= 0.3 is 5.97 Å². The van der Waals surface area contributed by atoms with E-state index in [1.165, 1.54) is 13.2 Å². The maximum atomic E-state index is 13.6. The van der Waals surface area contributed by atoms with E-state index < -0.39 is 38.9 Å². The number of carboxylic acid groups (broad SMARTS) is 1. The summed E-state index contributed by atoms with van der Waals surface area (Å²) >= 11 is 0. The standard InChI is InChI=1S/C11H14FNO6S/c1-11(16,10(14)15)6-13-20(17,18)9-4-3-7(19-2)5-8(9)12/h3-5,13,16H,6H2,1-2H3,(H,14,15). The highest BCUT2D eigenvalue weighted by Crippen LogP contribution is 2.20. The number of rotatable bonds is 6. The molecule has 0 aromatic heterocycles. The Morgan fingerprint density at radius 2 is 2.10 bits per heavy atom. The van der Waals surface area contributed by atoms with Gasteiger partial charge in [0.05, 0.1) is 13.7 Å². The molecule has 0 spiro atoms. The SMILES string of the molecule is COc1ccc(S(=O)(=O)NCC(C)(O)C(=O)O)c(F)c1. The van der Waals surface area contributed by atoms with Crippen molar-refractivity contribution in [2.45, 2.75) is 17.4 Å². The van der Waals surface area contributed by atoms with E-state index in [2.05, 4.69) is 0 Å². The summed E-state index contributed by atoms with van der Waals surface area (Å²) in [6.45, 7) is 0.123. The molecule has 0 saturated heterocycles. The van der Waals surface area contributed by atoms with Gasteiger partial charge in [-0.3, -0.25) is 0 Å². The molecule has 9 heteroatoms. The summed E-state index contributed by atoms with van der Waals surface area (Å²) in [5, 5.41) is 18.1. The number of hydrogen-bond acceptors (Lipinski definition) is 5. The molecule has 0 aliphatic carbocycles. The van der Waals surface area contributed by atoms with E-state index >= 15 is 0 Å². The number of aliphatic carboxylic acids is 1. The predicted molar refractivity (Wildman–Crippen MR) is 66.4 cm³/mol. The van der Waals surface area contributed by atoms with Gasteiger partial charge in [-0.1, -0.05) is 0 Å². The van der Waals surface area contributed by atoms with Gasteiger partial charge in [-0.05, 0) is 19.1 Å². The lowest BCUT2D eigenvalue weighted by Crippen LogP contribution is -2.46. The molecule has 1 aromatic rings. The highest BCUT2D eigenvalue weighted by atomic mass is 32.2. The number of ether oxygens (including phenoxy) is 1. The van der Waals surface area contributed by atoms with Crippen LogP contribution in [0.4, 0.5) is 4.39 Å². The molecule has 7 nitrogen and oxygen atoms in total. The van der Waals surface area contributed by atoms with Crippen LogP contribution in [0.5, 0.6) is 5.75 Å². The largest absolute Gasteiger partial charge is 0.497 e. The molecular formula is C11H14FNO6S. The molecule has 0 bridgehead atoms. The molecule has 0 radical (unpaired) electrons. The molecule has 0 saturated carbocycles. The van der Waals surface area contributed by atoms with Gasteiger partial charge in [-0.15, -0.1) is 0 Å². The molecule has 1 aromatic carbocycles. The Bertz CT molecular complexity index is 613. The summed E-state index contributed by atoms with van der Waals surface area (Å²) in [4.78, 5) is 9.98. The van der Waals surface area contributed by atoms with Crippen molar-refractivity contribution in [3.63, 3.8) is 0 Å². The minimum absolute atomic E-state index is 0.138. The average molecular weight is 307 g/mol. The molecular weight excluding hydrogens is 293 g/mol. The van der Waals surface area contributed by atoms with E-state index in [1.807, 2.05) is 4.72 Å². The monoisotopic (exact) mass is 307 g/mol. The average Bonchev–Trinajstić information content (AvgIpc) is 2.36. The molecule has 0 amide bonds. The molecule has 0 heterocycles. The number of aliphatic hydroxyl groups is 1. The van der Waals surface area contributed by atoms with E-state index in [-0.39, 0.29) is 5.75 Å². The summed E-state index contributed by atoms with van der Waals surface area (Å²) < 4.78 is 43.9. The van der Waals surface area contributed by atoms with Gasteiger partial charge in [-0.2, -0.15) is 0 Å². The first-order valence-electron chi connectivity index (χ1n) is 5.39. The van der Waals surface area contributed by atoms with Gasteiger partial charge in [0.2, 0.25) is 10.0 Å². The van der Waals surface area contributed by atoms with Crippen LogP contribution in [-0.4, -0.2) is 43.9 Å². The third-order valence-corrected chi connectivity index (χ3v) is 3.93. The predicted octanol–water partition coefficient (Wildman–Crippen LogP) is -0.0518. The van der Waals surface area contributed by atoms with Crippen molar-refractivity contribution in [2.24, 2.45) is 0 Å². The van der Waals surface area contributed by atoms with Crippen LogP contribution in [0.15, 0.2) is 23.1 Å². The number of halogens is 1. The Morgan fingerprint density at radius 3 is 2.55 bits per heavy atom. The van der Waals surface area contributed by atoms with Crippen molar-refractivity contribution in [3.8, 4) is 5.75 Å². The second kappa shape index (κ2) is 5.73. The quantitative estimate of drug-likeness (QED) is 0.679. The maximum absolute atomic E-state index is 13.6. The van der Waals surface area contributed by atoms with Gasteiger partial charge in [-0.25, -0.2) is 22.3 Å². The first kappa shape index (κ1) is 16.3. The highest BCUT2D eigenvalue weighted by molar-refractivity contribution is 7.89. The number of carboxylic acids is 1. The summed E-state index contributed by atoms with van der Waals surface area (Å²) in [5.41, 5.74) is -2.30. The molecule has 0 aliphatic heterocycles. The molecule has 3 N–H and O–H groups in total. The number of nitrogens with one attached hydrogen (secondary N) is 1. The Kier molecular flexibility index (Phi) is 4.69. The summed E-state index contributed by atoms with van der Waals surface area (Å²) in [6.07, 6.45) is 0. The zero-order valence-corrected chi connectivity index (χ0v) is 11.6. The van der Waals surface area contributed by atoms with Crippen LogP contribution >= 0.6 is 0 Å². The van der Waals surface area contributed by atoms with Gasteiger partial charge in [0.1, 0.15) is 16.5 Å². The number of methoxy groups -OCH3 is 1. The summed E-state index contributed by atoms with van der Waals surface area (Å²) in [5.74, 6) is -2.51. The van der Waals surface area contributed by atoms with Crippen molar-refractivity contribution in [1.82, 2.24) is 4.72 Å². The fourth-order valence-electron chi connectivity index (χ4n) is 1.22. The molecule has 0 aliphatic rings. The lowest BCUT2D eigenvalue weighted by Gasteiger charge is -2.18. The van der Waals surface area contributed by atoms with Gasteiger partial charge in [0, 0.05) is 6.07 Å². The molecule has 1 atom stereocenters. The van der Waals surface area contributed by atoms with Crippen LogP contribution in [0.2, 0.25) is 0 Å². The Labute approximate surface area is 115 Å². The Morgan fingerprint density at radius 1 is 1.50 bits per heavy atom. The van der Waals surface area contributed by atoms with Crippen LogP contribution in [0.3, 0.4) is 0 Å². The van der Waals surface area contributed by atoms with Crippen LogP contribution in [0.25, 0.3) is 0 Å². The van der Waals surface area contributed by atoms with Crippen LogP contribution < -0.4 is 9.46 Å². The number of hydrogen-bond donors (Lipinski definition) is 3. The second-order valence-corrected chi connectivity index (χ2v) is 5.94. The fourth-order valence-corrected chi connectivity index (χ4v) is 2.40. The van der Waals surface area contributed by atoms with Crippen molar-refractivity contribution in [2.75, 3.05) is 13.7 Å². The molecule has 112 valence electrons. The molecule has 1 unspecified atom stereocenters. The minimum atomic E-state index is -4.29. The Hall–Kier alpha value is -1.71. The Balaban J connectivity index is 2.98. The van der Waals surface area contributed by atoms with Crippen LogP contribution in [-0.2, 0) is 14.8 Å². The lowest BCUT2D eigenvalue weighted by atomic mass is 10.1. The lowest BCUT2D eigenvalue weighted by molar-refractivity contribution is -0.155. The van der Waals surface area contributed by atoms with Crippen LogP contribution in [0, 0.1) is 5.82 Å². The minimum Gasteiger partial charge on any atom is -0.497 e. The van der Waals surface area contributed by atoms with Crippen molar-refractivity contribution in [1.29, 1.82) is 0 Å². The van der Waals surface area contributed by atoms with Crippen molar-refractivity contribution in [3.05, 3.63) is 24.0 Å². The van der Waals surface area contributed by atoms with E-state index in [9.17, 15) is 22.7 Å². The van der Waals surface area contributed by atoms with Gasteiger partial charge in [0.15, 0.2) is 5.60 Å². The van der Waals surface area contributed by atoms with E-state index in [4.69, 9.17) is 9.84 Å². The van der Waals surface area contributed by atoms with E-state index in [0.29, 0.717) is 0 Å². The molecule has 0 fully saturated rings. The zero-order valence-electron chi connectivity index (χ0n) is 10.8. The van der Waals surface area contributed by atoms with Gasteiger partial charge in [0.25, 0.3) is 0 Å². The van der Waals surface area contributed by atoms with Crippen molar-refractivity contribution >= 4 is 16.0 Å². The summed E-state index contributed by atoms with van der Waals surface area (Å²) in [6, 6.07) is 3.10. The summed E-state index contributed by atoms with van der Waals surface area (Å²) in [7, 11) is -2.99. The molecule has 20 heavy (non-hydrogen) atoms. The second-order valence-electron chi connectivity index (χ2n) is 4.20. The molecule has 1 rings (SSSR count). The number of sulfonamides is 1. The first-order valence-corrected chi connectivity index (χ1v) is 6.87. The third-order valence-electron chi connectivity index (χ3n) is 2.50. The zero-order chi connectivity index (χ0) is 15.6. The van der Waals surface area contributed by atoms with Gasteiger partial charge < -0.3 is 14.9 Å². The fraction of sp³-hybridized carbons (Fsp3) is 0.364. The highest BCUT2D eigenvalue weighted by Gasteiger charge is 2.32. The van der Waals surface area contributed by atoms with E-state index in [0.717, 1.165) is 19.1 Å². The number of carbonyl (C=O) groups is 1. The van der Waals surface area contributed by atoms with Crippen molar-refractivity contribution < 1.29 is 32.6 Å². The third kappa shape index (κ3) is 3.65. The smallest absolute Gasteiger partial charge is 0.336 e. The first-order chi connectivity index (χ1) is 9.10. The maximum Gasteiger partial charge on any atom is 0.336 e. The number of benzene rings is 1. The van der Waals surface area contributed by atoms with Crippen LogP contribution in [0.1, 0.15) is 6.92 Å². The van der Waals surface area contributed by atoms with E-state index in [1.54, 1.807) is 0 Å². The normalized spacial score (nSPS) is 14.6. The topological polar surface area (TPSA) is 113 Å².